The third kappa shape index (κ3) is 3.17. The van der Waals surface area contributed by atoms with Gasteiger partial charge in [-0.1, -0.05) is 29.3 Å². The summed E-state index contributed by atoms with van der Waals surface area (Å²) >= 11 is 12.0. The van der Waals surface area contributed by atoms with E-state index >= 15 is 0 Å². The van der Waals surface area contributed by atoms with Crippen molar-refractivity contribution in [2.75, 3.05) is 23.5 Å². The Hall–Kier alpha value is -1.80. The van der Waals surface area contributed by atoms with E-state index in [0.717, 1.165) is 11.1 Å². The van der Waals surface area contributed by atoms with E-state index in [1.807, 2.05) is 6.07 Å². The molecule has 2 aromatic rings. The molecule has 1 aliphatic heterocycles. The Bertz CT molecular complexity index is 711. The molecule has 0 saturated heterocycles. The van der Waals surface area contributed by atoms with Crippen LogP contribution in [0.2, 0.25) is 10.0 Å². The second-order valence-corrected chi connectivity index (χ2v) is 5.62. The second-order valence-electron chi connectivity index (χ2n) is 4.78. The van der Waals surface area contributed by atoms with Gasteiger partial charge < -0.3 is 16.8 Å². The van der Waals surface area contributed by atoms with E-state index in [2.05, 4.69) is 15.3 Å². The van der Waals surface area contributed by atoms with Crippen LogP contribution >= 0.6 is 23.2 Å². The number of hydrogen-bond donors (Lipinski definition) is 3. The smallest absolute Gasteiger partial charge is 0.223 e. The quantitative estimate of drug-likeness (QED) is 0.787. The number of anilines is 3. The van der Waals surface area contributed by atoms with Gasteiger partial charge in [-0.25, -0.2) is 0 Å². The lowest BCUT2D eigenvalue weighted by molar-refractivity contribution is -0.174. The minimum Gasteiger partial charge on any atom is -0.383 e. The molecular formula is C13H14Cl2N6O. The van der Waals surface area contributed by atoms with Crippen molar-refractivity contribution in [2.24, 2.45) is 0 Å². The zero-order valence-corrected chi connectivity index (χ0v) is 13.0. The van der Waals surface area contributed by atoms with Gasteiger partial charge in [0.2, 0.25) is 5.95 Å². The molecule has 0 atom stereocenters. The number of benzene rings is 1. The Balaban J connectivity index is 1.68. The molecule has 116 valence electrons. The van der Waals surface area contributed by atoms with Gasteiger partial charge in [0.05, 0.1) is 25.4 Å². The summed E-state index contributed by atoms with van der Waals surface area (Å²) in [6, 6.07) is 5.28. The molecule has 3 rings (SSSR count). The Labute approximate surface area is 137 Å². The van der Waals surface area contributed by atoms with E-state index in [-0.39, 0.29) is 5.95 Å². The number of nitrogens with one attached hydrogen (secondary N) is 1. The van der Waals surface area contributed by atoms with Gasteiger partial charge in [0.15, 0.2) is 0 Å². The zero-order chi connectivity index (χ0) is 15.7. The number of nitrogens with two attached hydrogens (primary N) is 2. The van der Waals surface area contributed by atoms with Crippen molar-refractivity contribution in [1.82, 2.24) is 15.0 Å². The maximum atomic E-state index is 6.12. The van der Waals surface area contributed by atoms with Crippen molar-refractivity contribution in [3.63, 3.8) is 0 Å². The predicted octanol–water partition coefficient (Wildman–Crippen LogP) is 2.26. The molecule has 0 bridgehead atoms. The van der Waals surface area contributed by atoms with Gasteiger partial charge in [-0.05, 0) is 17.7 Å². The van der Waals surface area contributed by atoms with Gasteiger partial charge >= 0.3 is 0 Å². The molecule has 0 amide bonds. The highest BCUT2D eigenvalue weighted by molar-refractivity contribution is 6.35. The summed E-state index contributed by atoms with van der Waals surface area (Å²) in [4.78, 5) is 13.8. The average molecular weight is 341 g/mol. The maximum absolute atomic E-state index is 6.12. The summed E-state index contributed by atoms with van der Waals surface area (Å²) in [6.07, 6.45) is 0. The van der Waals surface area contributed by atoms with Crippen molar-refractivity contribution in [3.8, 4) is 0 Å². The van der Waals surface area contributed by atoms with Crippen LogP contribution in [0.5, 0.6) is 0 Å². The minimum absolute atomic E-state index is 0.145. The number of hydrogen-bond acceptors (Lipinski definition) is 7. The third-order valence-corrected chi connectivity index (χ3v) is 3.82. The lowest BCUT2D eigenvalue weighted by Gasteiger charge is -2.28. The number of aromatic nitrogens is 2. The predicted molar refractivity (Wildman–Crippen MR) is 86.1 cm³/mol. The van der Waals surface area contributed by atoms with Crippen molar-refractivity contribution in [2.45, 2.75) is 13.2 Å². The molecule has 0 unspecified atom stereocenters. The fourth-order valence-electron chi connectivity index (χ4n) is 2.11. The maximum Gasteiger partial charge on any atom is 0.223 e. The van der Waals surface area contributed by atoms with E-state index in [4.69, 9.17) is 39.5 Å². The molecule has 0 aliphatic carbocycles. The molecule has 1 aromatic carbocycles. The Kier molecular flexibility index (Phi) is 4.21. The molecule has 0 saturated carbocycles. The molecule has 1 aromatic heterocycles. The molecule has 0 fully saturated rings. The van der Waals surface area contributed by atoms with Crippen LogP contribution in [-0.4, -0.2) is 21.7 Å². The molecule has 2 heterocycles. The van der Waals surface area contributed by atoms with Crippen molar-refractivity contribution in [1.29, 1.82) is 0 Å². The fourth-order valence-corrected chi connectivity index (χ4v) is 2.57. The Morgan fingerprint density at radius 3 is 2.86 bits per heavy atom. The van der Waals surface area contributed by atoms with Crippen LogP contribution in [-0.2, 0) is 18.0 Å². The molecule has 1 aliphatic rings. The molecule has 0 spiro atoms. The topological polar surface area (TPSA) is 102 Å². The van der Waals surface area contributed by atoms with Crippen LogP contribution in [0.15, 0.2) is 18.2 Å². The summed E-state index contributed by atoms with van der Waals surface area (Å²) in [5.74, 6) is 1.12. The summed E-state index contributed by atoms with van der Waals surface area (Å²) in [5.41, 5.74) is 13.0. The first-order valence-corrected chi connectivity index (χ1v) is 7.26. The second kappa shape index (κ2) is 6.13. The summed E-state index contributed by atoms with van der Waals surface area (Å²) < 4.78 is 0. The lowest BCUT2D eigenvalue weighted by Crippen LogP contribution is -2.35. The van der Waals surface area contributed by atoms with Crippen LogP contribution in [0.3, 0.4) is 0 Å². The summed E-state index contributed by atoms with van der Waals surface area (Å²) in [5, 5.41) is 5.95. The normalized spacial score (nSPS) is 14.5. The van der Waals surface area contributed by atoms with Crippen LogP contribution in [0.1, 0.15) is 11.1 Å². The lowest BCUT2D eigenvalue weighted by atomic mass is 10.2. The zero-order valence-electron chi connectivity index (χ0n) is 11.5. The van der Waals surface area contributed by atoms with Crippen LogP contribution < -0.4 is 16.8 Å². The summed E-state index contributed by atoms with van der Waals surface area (Å²) in [6.45, 7) is 1.23. The number of nitrogen functional groups attached to an aromatic ring is 2. The van der Waals surface area contributed by atoms with Crippen molar-refractivity contribution in [3.05, 3.63) is 39.4 Å². The number of halogens is 2. The van der Waals surface area contributed by atoms with Gasteiger partial charge in [-0.15, -0.1) is 0 Å². The van der Waals surface area contributed by atoms with Gasteiger partial charge in [-0.2, -0.15) is 15.0 Å². The Morgan fingerprint density at radius 1 is 1.27 bits per heavy atom. The largest absolute Gasteiger partial charge is 0.383 e. The van der Waals surface area contributed by atoms with Gasteiger partial charge in [-0.3, -0.25) is 4.84 Å². The monoisotopic (exact) mass is 340 g/mol. The van der Waals surface area contributed by atoms with E-state index < -0.39 is 0 Å². The van der Waals surface area contributed by atoms with Crippen LogP contribution in [0.25, 0.3) is 0 Å². The summed E-state index contributed by atoms with van der Waals surface area (Å²) in [7, 11) is 0. The molecule has 7 nitrogen and oxygen atoms in total. The fraction of sp³-hybridized carbons (Fsp3) is 0.231. The number of fused-ring (bicyclic) bond motifs is 1. The number of hydroxylamine groups is 2. The van der Waals surface area contributed by atoms with Crippen LogP contribution in [0, 0.1) is 0 Å². The van der Waals surface area contributed by atoms with Crippen molar-refractivity contribution < 1.29 is 4.84 Å². The molecule has 5 N–H and O–H groups in total. The Morgan fingerprint density at radius 2 is 2.09 bits per heavy atom. The SMILES string of the molecule is Nc1nc(N)c2c(n1)NCN(OCc1ccc(Cl)cc1Cl)C2. The van der Waals surface area contributed by atoms with Gasteiger partial charge in [0, 0.05) is 10.0 Å². The molecular weight excluding hydrogens is 327 g/mol. The molecule has 0 radical (unpaired) electrons. The first-order valence-electron chi connectivity index (χ1n) is 6.50. The van der Waals surface area contributed by atoms with Gasteiger partial charge in [0.1, 0.15) is 11.6 Å². The van der Waals surface area contributed by atoms with E-state index in [0.29, 0.717) is 41.5 Å². The highest BCUT2D eigenvalue weighted by Gasteiger charge is 2.21. The van der Waals surface area contributed by atoms with Gasteiger partial charge in [0.25, 0.3) is 0 Å². The van der Waals surface area contributed by atoms with E-state index in [1.54, 1.807) is 17.2 Å². The standard InChI is InChI=1S/C13H14Cl2N6O/c14-8-2-1-7(10(15)3-8)5-22-21-4-9-11(16)19-13(17)20-12(9)18-6-21/h1-3H,4-6H2,(H5,16,17,18,19,20). The minimum atomic E-state index is 0.145. The van der Waals surface area contributed by atoms with Crippen LogP contribution in [0.4, 0.5) is 17.6 Å². The highest BCUT2D eigenvalue weighted by atomic mass is 35.5. The third-order valence-electron chi connectivity index (χ3n) is 3.23. The molecule has 9 heteroatoms. The number of rotatable bonds is 3. The van der Waals surface area contributed by atoms with E-state index in [1.165, 1.54) is 0 Å². The van der Waals surface area contributed by atoms with Crippen molar-refractivity contribution >= 4 is 40.8 Å². The number of nitrogens with zero attached hydrogens (tertiary/aromatic N) is 3. The molecule has 22 heavy (non-hydrogen) atoms. The first-order chi connectivity index (χ1) is 10.5. The first kappa shape index (κ1) is 15.1. The van der Waals surface area contributed by atoms with E-state index in [9.17, 15) is 0 Å². The average Bonchev–Trinajstić information content (AvgIpc) is 2.46. The highest BCUT2D eigenvalue weighted by Crippen LogP contribution is 2.26.